The standard InChI is InChI=1S/C26H37N3O2S/c1-3-31-26-9-8-22-11-14-29(15-12-25(22)28-26)13-10-20-4-6-21(7-5-20)16-23(30)17-24-18-27-19(2)32-24/h8-9,18,20-21H,3-7,10-17H2,1-2H3. The number of aromatic nitrogens is 2. The Hall–Kier alpha value is -1.79. The lowest BCUT2D eigenvalue weighted by atomic mass is 9.78. The molecule has 1 aliphatic heterocycles. The summed E-state index contributed by atoms with van der Waals surface area (Å²) in [6.45, 7) is 8.08. The van der Waals surface area contributed by atoms with E-state index in [1.807, 2.05) is 26.1 Å². The minimum Gasteiger partial charge on any atom is -0.478 e. The number of ketones is 1. The van der Waals surface area contributed by atoms with Gasteiger partial charge in [-0.2, -0.15) is 0 Å². The van der Waals surface area contributed by atoms with Crippen LogP contribution in [0, 0.1) is 18.8 Å². The molecule has 0 bridgehead atoms. The van der Waals surface area contributed by atoms with E-state index in [1.165, 1.54) is 49.9 Å². The molecule has 0 spiro atoms. The average molecular weight is 456 g/mol. The lowest BCUT2D eigenvalue weighted by Gasteiger charge is -2.30. The molecule has 4 rings (SSSR count). The smallest absolute Gasteiger partial charge is 0.213 e. The summed E-state index contributed by atoms with van der Waals surface area (Å²) >= 11 is 1.65. The summed E-state index contributed by atoms with van der Waals surface area (Å²) in [7, 11) is 0. The van der Waals surface area contributed by atoms with Crippen molar-refractivity contribution in [2.24, 2.45) is 11.8 Å². The second kappa shape index (κ2) is 11.4. The number of hydrogen-bond acceptors (Lipinski definition) is 6. The Kier molecular flexibility index (Phi) is 8.31. The second-order valence-electron chi connectivity index (χ2n) is 9.47. The van der Waals surface area contributed by atoms with E-state index in [-0.39, 0.29) is 0 Å². The van der Waals surface area contributed by atoms with Gasteiger partial charge >= 0.3 is 0 Å². The first-order valence-corrected chi connectivity index (χ1v) is 13.2. The van der Waals surface area contributed by atoms with Gasteiger partial charge < -0.3 is 9.64 Å². The highest BCUT2D eigenvalue weighted by atomic mass is 32.1. The molecule has 6 heteroatoms. The van der Waals surface area contributed by atoms with Crippen LogP contribution in [0.2, 0.25) is 0 Å². The number of thiazole rings is 1. The van der Waals surface area contributed by atoms with E-state index in [0.717, 1.165) is 54.0 Å². The Morgan fingerprint density at radius 3 is 2.69 bits per heavy atom. The molecule has 0 atom stereocenters. The minimum absolute atomic E-state index is 0.391. The maximum atomic E-state index is 12.4. The van der Waals surface area contributed by atoms with Crippen LogP contribution in [-0.4, -0.2) is 46.9 Å². The lowest BCUT2D eigenvalue weighted by Crippen LogP contribution is -2.29. The first kappa shape index (κ1) is 23.4. The van der Waals surface area contributed by atoms with Crippen molar-refractivity contribution in [3.05, 3.63) is 39.5 Å². The number of hydrogen-bond donors (Lipinski definition) is 0. The van der Waals surface area contributed by atoms with E-state index >= 15 is 0 Å². The van der Waals surface area contributed by atoms with Crippen molar-refractivity contribution in [2.75, 3.05) is 26.2 Å². The summed E-state index contributed by atoms with van der Waals surface area (Å²) < 4.78 is 5.58. The topological polar surface area (TPSA) is 55.3 Å². The van der Waals surface area contributed by atoms with E-state index in [0.29, 0.717) is 24.7 Å². The first-order valence-electron chi connectivity index (χ1n) is 12.4. The average Bonchev–Trinajstić information content (AvgIpc) is 3.08. The van der Waals surface area contributed by atoms with Crippen molar-refractivity contribution in [1.82, 2.24) is 14.9 Å². The van der Waals surface area contributed by atoms with Crippen molar-refractivity contribution in [3.63, 3.8) is 0 Å². The molecule has 3 heterocycles. The quantitative estimate of drug-likeness (QED) is 0.530. The Balaban J connectivity index is 1.15. The van der Waals surface area contributed by atoms with E-state index in [2.05, 4.69) is 16.0 Å². The molecule has 0 N–H and O–H groups in total. The molecule has 0 unspecified atom stereocenters. The van der Waals surface area contributed by atoms with E-state index in [4.69, 9.17) is 9.72 Å². The monoisotopic (exact) mass is 455 g/mol. The van der Waals surface area contributed by atoms with Crippen LogP contribution in [0.4, 0.5) is 0 Å². The summed E-state index contributed by atoms with van der Waals surface area (Å²) in [6.07, 6.45) is 11.6. The maximum absolute atomic E-state index is 12.4. The number of aryl methyl sites for hydroxylation is 1. The fourth-order valence-corrected chi connectivity index (χ4v) is 6.05. The molecule has 2 aliphatic rings. The molecule has 0 amide bonds. The predicted octanol–water partition coefficient (Wildman–Crippen LogP) is 5.04. The third kappa shape index (κ3) is 6.61. The predicted molar refractivity (Wildman–Crippen MR) is 129 cm³/mol. The summed E-state index contributed by atoms with van der Waals surface area (Å²) in [5.41, 5.74) is 2.60. The molecule has 1 fully saturated rings. The van der Waals surface area contributed by atoms with E-state index in [1.54, 1.807) is 11.3 Å². The molecule has 0 saturated heterocycles. The molecular formula is C26H37N3O2S. The zero-order chi connectivity index (χ0) is 22.3. The number of nitrogens with zero attached hydrogens (tertiary/aromatic N) is 3. The normalized spacial score (nSPS) is 21.7. The highest BCUT2D eigenvalue weighted by Crippen LogP contribution is 2.33. The molecule has 0 radical (unpaired) electrons. The fourth-order valence-electron chi connectivity index (χ4n) is 5.23. The Morgan fingerprint density at radius 2 is 1.94 bits per heavy atom. The van der Waals surface area contributed by atoms with Crippen LogP contribution in [0.1, 0.15) is 66.6 Å². The highest BCUT2D eigenvalue weighted by molar-refractivity contribution is 7.11. The number of ether oxygens (including phenoxy) is 1. The van der Waals surface area contributed by atoms with Gasteiger partial charge in [0, 0.05) is 55.2 Å². The van der Waals surface area contributed by atoms with Crippen LogP contribution in [0.25, 0.3) is 0 Å². The number of rotatable bonds is 9. The van der Waals surface area contributed by atoms with Gasteiger partial charge in [-0.1, -0.05) is 18.9 Å². The number of carbonyl (C=O) groups excluding carboxylic acids is 1. The van der Waals surface area contributed by atoms with Gasteiger partial charge in [0.25, 0.3) is 0 Å². The minimum atomic E-state index is 0.391. The van der Waals surface area contributed by atoms with Crippen LogP contribution in [0.5, 0.6) is 5.88 Å². The lowest BCUT2D eigenvalue weighted by molar-refractivity contribution is -0.119. The number of carbonyl (C=O) groups is 1. The van der Waals surface area contributed by atoms with Gasteiger partial charge in [-0.05, 0) is 63.5 Å². The van der Waals surface area contributed by atoms with Gasteiger partial charge in [0.2, 0.25) is 5.88 Å². The van der Waals surface area contributed by atoms with Crippen molar-refractivity contribution in [3.8, 4) is 5.88 Å². The zero-order valence-electron chi connectivity index (χ0n) is 19.6. The SMILES string of the molecule is CCOc1ccc2c(n1)CCN(CCC1CCC(CC(=O)Cc3cnc(C)s3)CC1)CC2. The van der Waals surface area contributed by atoms with Crippen molar-refractivity contribution < 1.29 is 9.53 Å². The van der Waals surface area contributed by atoms with Gasteiger partial charge in [0.15, 0.2) is 0 Å². The first-order chi connectivity index (χ1) is 15.6. The van der Waals surface area contributed by atoms with Crippen molar-refractivity contribution >= 4 is 17.1 Å². The number of fused-ring (bicyclic) bond motifs is 1. The molecule has 0 aromatic carbocycles. The summed E-state index contributed by atoms with van der Waals surface area (Å²) in [5.74, 6) is 2.56. The van der Waals surface area contributed by atoms with Crippen LogP contribution in [-0.2, 0) is 24.1 Å². The van der Waals surface area contributed by atoms with Crippen LogP contribution in [0.3, 0.4) is 0 Å². The van der Waals surface area contributed by atoms with E-state index < -0.39 is 0 Å². The zero-order valence-corrected chi connectivity index (χ0v) is 20.5. The molecular weight excluding hydrogens is 418 g/mol. The van der Waals surface area contributed by atoms with Gasteiger partial charge in [-0.3, -0.25) is 4.79 Å². The number of pyridine rings is 1. The Labute approximate surface area is 196 Å². The van der Waals surface area contributed by atoms with Gasteiger partial charge in [0.05, 0.1) is 11.6 Å². The van der Waals surface area contributed by atoms with Crippen molar-refractivity contribution in [1.29, 1.82) is 0 Å². The largest absolute Gasteiger partial charge is 0.478 e. The Morgan fingerprint density at radius 1 is 1.16 bits per heavy atom. The molecule has 2 aromatic heterocycles. The van der Waals surface area contributed by atoms with Crippen LogP contribution in [0.15, 0.2) is 18.3 Å². The third-order valence-corrected chi connectivity index (χ3v) is 7.99. The molecule has 1 aliphatic carbocycles. The molecule has 2 aromatic rings. The molecule has 174 valence electrons. The van der Waals surface area contributed by atoms with Gasteiger partial charge in [-0.25, -0.2) is 9.97 Å². The van der Waals surface area contributed by atoms with Crippen LogP contribution >= 0.6 is 11.3 Å². The van der Waals surface area contributed by atoms with Crippen molar-refractivity contribution in [2.45, 2.75) is 71.6 Å². The van der Waals surface area contributed by atoms with Gasteiger partial charge in [0.1, 0.15) is 5.78 Å². The van der Waals surface area contributed by atoms with Gasteiger partial charge in [-0.15, -0.1) is 11.3 Å². The molecule has 1 saturated carbocycles. The Bertz CT molecular complexity index is 889. The summed E-state index contributed by atoms with van der Waals surface area (Å²) in [5, 5.41) is 1.05. The summed E-state index contributed by atoms with van der Waals surface area (Å²) in [6, 6.07) is 4.22. The summed E-state index contributed by atoms with van der Waals surface area (Å²) in [4.78, 5) is 25.2. The van der Waals surface area contributed by atoms with Crippen LogP contribution < -0.4 is 4.74 Å². The maximum Gasteiger partial charge on any atom is 0.213 e. The molecule has 32 heavy (non-hydrogen) atoms. The molecule has 5 nitrogen and oxygen atoms in total. The van der Waals surface area contributed by atoms with E-state index in [9.17, 15) is 4.79 Å². The number of Topliss-reactive ketones (excluding diaryl/α,β-unsaturated/α-hetero) is 1. The third-order valence-electron chi connectivity index (χ3n) is 7.07. The second-order valence-corrected chi connectivity index (χ2v) is 10.8. The fraction of sp³-hybridized carbons (Fsp3) is 0.654. The highest BCUT2D eigenvalue weighted by Gasteiger charge is 2.24.